The van der Waals surface area contributed by atoms with Gasteiger partial charge in [0, 0.05) is 28.6 Å². The maximum Gasteiger partial charge on any atom is 0.141 e. The van der Waals surface area contributed by atoms with Gasteiger partial charge in [0.15, 0.2) is 0 Å². The highest BCUT2D eigenvalue weighted by Crippen LogP contribution is 2.32. The highest BCUT2D eigenvalue weighted by atomic mass is 15.3. The van der Waals surface area contributed by atoms with Crippen molar-refractivity contribution in [3.63, 3.8) is 0 Å². The lowest BCUT2D eigenvalue weighted by atomic mass is 10.1. The van der Waals surface area contributed by atoms with Crippen LogP contribution in [0.2, 0.25) is 0 Å². The van der Waals surface area contributed by atoms with E-state index in [-0.39, 0.29) is 0 Å². The quantitative estimate of drug-likeness (QED) is 0.609. The molecule has 4 rings (SSSR count). The van der Waals surface area contributed by atoms with Crippen LogP contribution < -0.4 is 0 Å². The van der Waals surface area contributed by atoms with E-state index in [1.165, 1.54) is 0 Å². The Labute approximate surface area is 121 Å². The molecule has 0 amide bonds. The second-order valence-electron chi connectivity index (χ2n) is 5.39. The first-order valence-corrected chi connectivity index (χ1v) is 7.00. The summed E-state index contributed by atoms with van der Waals surface area (Å²) in [4.78, 5) is 11.9. The van der Waals surface area contributed by atoms with Crippen molar-refractivity contribution in [2.75, 3.05) is 0 Å². The van der Waals surface area contributed by atoms with Crippen molar-refractivity contribution in [1.82, 2.24) is 24.7 Å². The number of H-pyrrole nitrogens is 1. The third-order valence-electron chi connectivity index (χ3n) is 3.72. The molecule has 5 heteroatoms. The highest BCUT2D eigenvalue weighted by molar-refractivity contribution is 6.00. The third-order valence-corrected chi connectivity index (χ3v) is 3.72. The van der Waals surface area contributed by atoms with Crippen molar-refractivity contribution in [1.29, 1.82) is 0 Å². The number of rotatable bonds is 2. The van der Waals surface area contributed by atoms with Crippen molar-refractivity contribution in [2.24, 2.45) is 0 Å². The minimum absolute atomic E-state index is 0.298. The van der Waals surface area contributed by atoms with E-state index in [1.54, 1.807) is 6.33 Å². The van der Waals surface area contributed by atoms with Crippen LogP contribution in [-0.4, -0.2) is 24.7 Å². The van der Waals surface area contributed by atoms with Crippen LogP contribution in [-0.2, 0) is 0 Å². The molecule has 0 saturated carbocycles. The number of benzene rings is 1. The van der Waals surface area contributed by atoms with Gasteiger partial charge in [-0.3, -0.25) is 4.68 Å². The van der Waals surface area contributed by atoms with Crippen molar-refractivity contribution >= 4 is 21.9 Å². The van der Waals surface area contributed by atoms with Gasteiger partial charge in [-0.25, -0.2) is 9.97 Å². The summed E-state index contributed by atoms with van der Waals surface area (Å²) in [5.41, 5.74) is 4.00. The molecule has 0 radical (unpaired) electrons. The number of hydrogen-bond donors (Lipinski definition) is 1. The van der Waals surface area contributed by atoms with Crippen LogP contribution in [0.5, 0.6) is 0 Å². The summed E-state index contributed by atoms with van der Waals surface area (Å²) >= 11 is 0. The van der Waals surface area contributed by atoms with Crippen LogP contribution in [0, 0.1) is 0 Å². The molecule has 0 aliphatic heterocycles. The normalized spacial score (nSPS) is 11.8. The van der Waals surface area contributed by atoms with Gasteiger partial charge in [0.2, 0.25) is 0 Å². The van der Waals surface area contributed by atoms with Crippen molar-refractivity contribution < 1.29 is 0 Å². The zero-order valence-electron chi connectivity index (χ0n) is 11.9. The van der Waals surface area contributed by atoms with Crippen molar-refractivity contribution in [3.05, 3.63) is 43.0 Å². The van der Waals surface area contributed by atoms with Crippen LogP contribution in [0.25, 0.3) is 33.2 Å². The molecule has 3 heterocycles. The topological polar surface area (TPSA) is 59.4 Å². The van der Waals surface area contributed by atoms with Crippen molar-refractivity contribution in [2.45, 2.75) is 19.9 Å². The molecule has 1 aromatic carbocycles. The predicted octanol–water partition coefficient (Wildman–Crippen LogP) is 3.56. The Kier molecular flexibility index (Phi) is 2.54. The number of aromatic nitrogens is 5. The molecule has 0 aliphatic carbocycles. The Morgan fingerprint density at radius 2 is 2.05 bits per heavy atom. The van der Waals surface area contributed by atoms with Gasteiger partial charge in [0.05, 0.1) is 17.4 Å². The van der Waals surface area contributed by atoms with Crippen molar-refractivity contribution in [3.8, 4) is 11.3 Å². The van der Waals surface area contributed by atoms with Gasteiger partial charge in [-0.2, -0.15) is 5.10 Å². The lowest BCUT2D eigenvalue weighted by molar-refractivity contribution is 0.551. The molecule has 21 heavy (non-hydrogen) atoms. The van der Waals surface area contributed by atoms with E-state index in [2.05, 4.69) is 46.0 Å². The molecule has 0 unspecified atom stereocenters. The Bertz CT molecular complexity index is 932. The van der Waals surface area contributed by atoms with Crippen LogP contribution >= 0.6 is 0 Å². The van der Waals surface area contributed by atoms with Crippen LogP contribution in [0.15, 0.2) is 43.0 Å². The average Bonchev–Trinajstić information content (AvgIpc) is 3.12. The standard InChI is InChI=1S/C16H15N5/c1-10(2)21-15-11(8-20-21)4-3-5-12(15)14-13-6-7-17-16(13)19-9-18-14/h3-10H,1-2H3,(H,17,18,19). The lowest BCUT2D eigenvalue weighted by Gasteiger charge is -2.11. The molecule has 0 spiro atoms. The summed E-state index contributed by atoms with van der Waals surface area (Å²) in [6.07, 6.45) is 5.40. The summed E-state index contributed by atoms with van der Waals surface area (Å²) in [6, 6.07) is 8.54. The fraction of sp³-hybridized carbons (Fsp3) is 0.188. The molecule has 3 aromatic heterocycles. The Balaban J connectivity index is 2.11. The molecular formula is C16H15N5. The minimum Gasteiger partial charge on any atom is -0.346 e. The number of para-hydroxylation sites is 1. The molecule has 0 saturated heterocycles. The Morgan fingerprint density at radius 3 is 2.90 bits per heavy atom. The SMILES string of the molecule is CC(C)n1ncc2cccc(-c3ncnc4[nH]ccc34)c21. The molecule has 104 valence electrons. The van der Waals surface area contributed by atoms with Gasteiger partial charge < -0.3 is 4.98 Å². The van der Waals surface area contributed by atoms with E-state index in [0.29, 0.717) is 6.04 Å². The summed E-state index contributed by atoms with van der Waals surface area (Å²) in [6.45, 7) is 4.27. The molecule has 4 aromatic rings. The van der Waals surface area contributed by atoms with E-state index in [4.69, 9.17) is 0 Å². The largest absolute Gasteiger partial charge is 0.346 e. The van der Waals surface area contributed by atoms with Gasteiger partial charge in [0.1, 0.15) is 12.0 Å². The summed E-state index contributed by atoms with van der Waals surface area (Å²) in [7, 11) is 0. The summed E-state index contributed by atoms with van der Waals surface area (Å²) in [5.74, 6) is 0. The zero-order chi connectivity index (χ0) is 14.4. The highest BCUT2D eigenvalue weighted by Gasteiger charge is 2.15. The average molecular weight is 277 g/mol. The fourth-order valence-corrected chi connectivity index (χ4v) is 2.77. The maximum atomic E-state index is 4.51. The second kappa shape index (κ2) is 4.41. The number of aromatic amines is 1. The number of nitrogens with one attached hydrogen (secondary N) is 1. The first-order chi connectivity index (χ1) is 10.3. The molecule has 5 nitrogen and oxygen atoms in total. The maximum absolute atomic E-state index is 4.51. The summed E-state index contributed by atoms with van der Waals surface area (Å²) in [5, 5.41) is 6.67. The molecule has 1 N–H and O–H groups in total. The van der Waals surface area contributed by atoms with Crippen LogP contribution in [0.1, 0.15) is 19.9 Å². The summed E-state index contributed by atoms with van der Waals surface area (Å²) < 4.78 is 2.05. The molecule has 0 fully saturated rings. The molecular weight excluding hydrogens is 262 g/mol. The third kappa shape index (κ3) is 1.74. The van der Waals surface area contributed by atoms with E-state index >= 15 is 0 Å². The minimum atomic E-state index is 0.298. The first kappa shape index (κ1) is 12.1. The number of nitrogens with zero attached hydrogens (tertiary/aromatic N) is 4. The van der Waals surface area contributed by atoms with Gasteiger partial charge in [-0.15, -0.1) is 0 Å². The molecule has 0 bridgehead atoms. The Morgan fingerprint density at radius 1 is 1.14 bits per heavy atom. The Hall–Kier alpha value is -2.69. The molecule has 0 aliphatic rings. The number of hydrogen-bond acceptors (Lipinski definition) is 3. The van der Waals surface area contributed by atoms with E-state index in [9.17, 15) is 0 Å². The van der Waals surface area contributed by atoms with E-state index in [1.807, 2.05) is 29.2 Å². The smallest absolute Gasteiger partial charge is 0.141 e. The van der Waals surface area contributed by atoms with E-state index < -0.39 is 0 Å². The van der Waals surface area contributed by atoms with Gasteiger partial charge >= 0.3 is 0 Å². The predicted molar refractivity (Wildman–Crippen MR) is 83.0 cm³/mol. The monoisotopic (exact) mass is 277 g/mol. The fourth-order valence-electron chi connectivity index (χ4n) is 2.77. The van der Waals surface area contributed by atoms with Gasteiger partial charge in [0.25, 0.3) is 0 Å². The van der Waals surface area contributed by atoms with E-state index in [0.717, 1.165) is 33.2 Å². The lowest BCUT2D eigenvalue weighted by Crippen LogP contribution is -2.03. The second-order valence-corrected chi connectivity index (χ2v) is 5.39. The number of fused-ring (bicyclic) bond motifs is 2. The zero-order valence-corrected chi connectivity index (χ0v) is 11.9. The molecule has 0 atom stereocenters. The van der Waals surface area contributed by atoms with Crippen LogP contribution in [0.4, 0.5) is 0 Å². The van der Waals surface area contributed by atoms with Gasteiger partial charge in [-0.1, -0.05) is 18.2 Å². The van der Waals surface area contributed by atoms with Gasteiger partial charge in [-0.05, 0) is 19.9 Å². The van der Waals surface area contributed by atoms with Crippen LogP contribution in [0.3, 0.4) is 0 Å². The first-order valence-electron chi connectivity index (χ1n) is 7.00.